The van der Waals surface area contributed by atoms with Gasteiger partial charge in [-0.05, 0) is 35.7 Å². The van der Waals surface area contributed by atoms with Crippen LogP contribution in [0.4, 0.5) is 5.69 Å². The molecule has 3 rings (SSSR count). The number of likely N-dealkylation sites (tertiary alicyclic amines) is 1. The van der Waals surface area contributed by atoms with Crippen LogP contribution in [0.3, 0.4) is 0 Å². The molecule has 2 atom stereocenters. The number of carbonyl (C=O) groups is 3. The van der Waals surface area contributed by atoms with E-state index >= 15 is 0 Å². The van der Waals surface area contributed by atoms with Crippen LogP contribution in [0.25, 0.3) is 0 Å². The number of carboxylic acids is 1. The molecule has 1 aromatic heterocycles. The summed E-state index contributed by atoms with van der Waals surface area (Å²) in [4.78, 5) is 41.5. The van der Waals surface area contributed by atoms with Crippen molar-refractivity contribution < 1.29 is 19.5 Å². The van der Waals surface area contributed by atoms with Crippen LogP contribution in [0.5, 0.6) is 0 Å². The van der Waals surface area contributed by atoms with Crippen molar-refractivity contribution in [1.29, 1.82) is 0 Å². The summed E-state index contributed by atoms with van der Waals surface area (Å²) in [5, 5.41) is 11.7. The van der Waals surface area contributed by atoms with Gasteiger partial charge in [-0.2, -0.15) is 0 Å². The van der Waals surface area contributed by atoms with Crippen LogP contribution in [0.1, 0.15) is 30.0 Å². The second kappa shape index (κ2) is 7.99. The van der Waals surface area contributed by atoms with E-state index in [4.69, 9.17) is 5.11 Å². The summed E-state index contributed by atoms with van der Waals surface area (Å²) in [5.74, 6) is -1.71. The van der Waals surface area contributed by atoms with Crippen LogP contribution in [-0.2, 0) is 20.8 Å². The molecule has 7 nitrogen and oxygen atoms in total. The molecule has 0 aliphatic carbocycles. The fourth-order valence-corrected chi connectivity index (χ4v) is 3.40. The number of aromatic nitrogens is 1. The quantitative estimate of drug-likeness (QED) is 0.816. The minimum absolute atomic E-state index is 0.0302. The molecule has 0 radical (unpaired) electrons. The van der Waals surface area contributed by atoms with Crippen LogP contribution in [0.15, 0.2) is 48.8 Å². The fourth-order valence-electron chi connectivity index (χ4n) is 3.40. The molecule has 0 saturated carbocycles. The normalized spacial score (nSPS) is 19.1. The summed E-state index contributed by atoms with van der Waals surface area (Å²) in [5.41, 5.74) is 2.25. The zero-order valence-corrected chi connectivity index (χ0v) is 15.0. The van der Waals surface area contributed by atoms with Crippen molar-refractivity contribution in [3.05, 3.63) is 59.9 Å². The molecule has 2 heterocycles. The maximum Gasteiger partial charge on any atom is 0.303 e. The average molecular weight is 367 g/mol. The van der Waals surface area contributed by atoms with Gasteiger partial charge in [-0.1, -0.05) is 18.2 Å². The molecule has 7 heteroatoms. The van der Waals surface area contributed by atoms with E-state index in [1.807, 2.05) is 12.1 Å². The first-order chi connectivity index (χ1) is 13.0. The van der Waals surface area contributed by atoms with Crippen molar-refractivity contribution in [2.24, 2.45) is 5.92 Å². The molecule has 27 heavy (non-hydrogen) atoms. The third kappa shape index (κ3) is 4.31. The number of aryl methyl sites for hydroxylation is 1. The number of amides is 2. The smallest absolute Gasteiger partial charge is 0.303 e. The molecule has 1 fully saturated rings. The Hall–Kier alpha value is -3.22. The molecular weight excluding hydrogens is 346 g/mol. The number of hydrogen-bond donors (Lipinski definition) is 2. The van der Waals surface area contributed by atoms with Gasteiger partial charge in [0.25, 0.3) is 0 Å². The van der Waals surface area contributed by atoms with Crippen molar-refractivity contribution in [2.45, 2.75) is 25.3 Å². The molecule has 2 unspecified atom stereocenters. The summed E-state index contributed by atoms with van der Waals surface area (Å²) in [7, 11) is 1.69. The highest BCUT2D eigenvalue weighted by atomic mass is 16.4. The van der Waals surface area contributed by atoms with Crippen molar-refractivity contribution in [1.82, 2.24) is 9.88 Å². The number of pyridine rings is 1. The van der Waals surface area contributed by atoms with Gasteiger partial charge in [-0.25, -0.2) is 0 Å². The van der Waals surface area contributed by atoms with Gasteiger partial charge in [-0.3, -0.25) is 19.4 Å². The van der Waals surface area contributed by atoms with E-state index in [0.717, 1.165) is 11.1 Å². The Morgan fingerprint density at radius 1 is 1.30 bits per heavy atom. The molecule has 1 aliphatic heterocycles. The first-order valence-corrected chi connectivity index (χ1v) is 8.73. The number of hydrogen-bond acceptors (Lipinski definition) is 4. The van der Waals surface area contributed by atoms with Crippen molar-refractivity contribution in [3.63, 3.8) is 0 Å². The Morgan fingerprint density at radius 2 is 2.11 bits per heavy atom. The number of nitrogens with one attached hydrogen (secondary N) is 1. The lowest BCUT2D eigenvalue weighted by Crippen LogP contribution is -2.30. The number of rotatable bonds is 6. The monoisotopic (exact) mass is 367 g/mol. The van der Waals surface area contributed by atoms with E-state index in [2.05, 4.69) is 10.3 Å². The van der Waals surface area contributed by atoms with Crippen LogP contribution >= 0.6 is 0 Å². The van der Waals surface area contributed by atoms with Gasteiger partial charge in [0.15, 0.2) is 0 Å². The average Bonchev–Trinajstić information content (AvgIpc) is 2.96. The second-order valence-corrected chi connectivity index (χ2v) is 6.63. The lowest BCUT2D eigenvalue weighted by atomic mass is 9.94. The highest BCUT2D eigenvalue weighted by Gasteiger charge is 2.42. The van der Waals surface area contributed by atoms with Gasteiger partial charge in [-0.15, -0.1) is 0 Å². The van der Waals surface area contributed by atoms with E-state index in [1.165, 1.54) is 0 Å². The predicted octanol–water partition coefficient (Wildman–Crippen LogP) is 2.26. The second-order valence-electron chi connectivity index (χ2n) is 6.63. The van der Waals surface area contributed by atoms with Gasteiger partial charge >= 0.3 is 5.97 Å². The fraction of sp³-hybridized carbons (Fsp3) is 0.300. The number of aliphatic carboxylic acids is 1. The van der Waals surface area contributed by atoms with Crippen molar-refractivity contribution >= 4 is 23.5 Å². The SMILES string of the molecule is CN1C(=O)CC(C(=O)Nc2cccc(CCC(=O)O)c2)C1c1cccnc1. The van der Waals surface area contributed by atoms with Crippen LogP contribution in [-0.4, -0.2) is 39.8 Å². The van der Waals surface area contributed by atoms with Gasteiger partial charge in [0, 0.05) is 38.0 Å². The first kappa shape index (κ1) is 18.6. The topological polar surface area (TPSA) is 99.6 Å². The number of benzene rings is 1. The molecule has 0 spiro atoms. The Kier molecular flexibility index (Phi) is 5.49. The molecule has 140 valence electrons. The molecule has 2 N–H and O–H groups in total. The Bertz CT molecular complexity index is 853. The summed E-state index contributed by atoms with van der Waals surface area (Å²) < 4.78 is 0. The van der Waals surface area contributed by atoms with Crippen molar-refractivity contribution in [2.75, 3.05) is 12.4 Å². The predicted molar refractivity (Wildman–Crippen MR) is 98.9 cm³/mol. The molecule has 1 saturated heterocycles. The zero-order valence-electron chi connectivity index (χ0n) is 15.0. The zero-order chi connectivity index (χ0) is 19.4. The minimum Gasteiger partial charge on any atom is -0.481 e. The van der Waals surface area contributed by atoms with Gasteiger partial charge in [0.05, 0.1) is 12.0 Å². The van der Waals surface area contributed by atoms with Gasteiger partial charge in [0.1, 0.15) is 0 Å². The van der Waals surface area contributed by atoms with Gasteiger partial charge < -0.3 is 15.3 Å². The summed E-state index contributed by atoms with van der Waals surface area (Å²) in [6, 6.07) is 10.4. The maximum absolute atomic E-state index is 12.9. The minimum atomic E-state index is -0.865. The van der Waals surface area contributed by atoms with Crippen LogP contribution < -0.4 is 5.32 Å². The maximum atomic E-state index is 12.9. The summed E-state index contributed by atoms with van der Waals surface area (Å²) >= 11 is 0. The standard InChI is InChI=1S/C20H21N3O4/c1-23-17(24)11-16(19(23)14-5-3-9-21-12-14)20(27)22-15-6-2-4-13(10-15)7-8-18(25)26/h2-6,9-10,12,16,19H,7-8,11H2,1H3,(H,22,27)(H,25,26). The molecule has 0 bridgehead atoms. The van der Waals surface area contributed by atoms with Crippen LogP contribution in [0, 0.1) is 5.92 Å². The van der Waals surface area contributed by atoms with E-state index in [9.17, 15) is 14.4 Å². The lowest BCUT2D eigenvalue weighted by molar-refractivity contribution is -0.137. The largest absolute Gasteiger partial charge is 0.481 e. The molecule has 1 aliphatic rings. The molecular formula is C20H21N3O4. The summed E-state index contributed by atoms with van der Waals surface area (Å²) in [6.07, 6.45) is 3.88. The summed E-state index contributed by atoms with van der Waals surface area (Å²) in [6.45, 7) is 0. The number of carbonyl (C=O) groups excluding carboxylic acids is 2. The number of anilines is 1. The molecule has 1 aromatic carbocycles. The molecule has 2 amide bonds. The highest BCUT2D eigenvalue weighted by Crippen LogP contribution is 2.37. The first-order valence-electron chi connectivity index (χ1n) is 8.73. The van der Waals surface area contributed by atoms with Crippen molar-refractivity contribution in [3.8, 4) is 0 Å². The Morgan fingerprint density at radius 3 is 2.81 bits per heavy atom. The Balaban J connectivity index is 1.76. The molecule has 2 aromatic rings. The van der Waals surface area contributed by atoms with E-state index in [-0.39, 0.29) is 30.7 Å². The number of nitrogens with zero attached hydrogens (tertiary/aromatic N) is 2. The van der Waals surface area contributed by atoms with Crippen LogP contribution in [0.2, 0.25) is 0 Å². The van der Waals surface area contributed by atoms with E-state index < -0.39 is 11.9 Å². The lowest BCUT2D eigenvalue weighted by Gasteiger charge is -2.24. The number of carboxylic acid groups (broad SMARTS) is 1. The third-order valence-electron chi connectivity index (χ3n) is 4.77. The Labute approximate surface area is 157 Å². The van der Waals surface area contributed by atoms with E-state index in [1.54, 1.807) is 48.6 Å². The highest BCUT2D eigenvalue weighted by molar-refractivity contribution is 5.98. The van der Waals surface area contributed by atoms with Gasteiger partial charge in [0.2, 0.25) is 11.8 Å². The third-order valence-corrected chi connectivity index (χ3v) is 4.77. The van der Waals surface area contributed by atoms with E-state index in [0.29, 0.717) is 12.1 Å².